The summed E-state index contributed by atoms with van der Waals surface area (Å²) in [4.78, 5) is 11.6. The maximum absolute atomic E-state index is 11.6. The maximum atomic E-state index is 11.6. The fraction of sp³-hybridized carbons (Fsp3) is 0.533. The lowest BCUT2D eigenvalue weighted by molar-refractivity contribution is 0.229. The molecule has 0 saturated carbocycles. The highest BCUT2D eigenvalue weighted by atomic mass is 16.3. The van der Waals surface area contributed by atoms with Crippen LogP contribution in [-0.4, -0.2) is 24.3 Å². The smallest absolute Gasteiger partial charge is 0.315 e. The van der Waals surface area contributed by atoms with Crippen LogP contribution in [0, 0.1) is 5.92 Å². The van der Waals surface area contributed by atoms with Gasteiger partial charge in [-0.2, -0.15) is 0 Å². The van der Waals surface area contributed by atoms with Crippen LogP contribution in [0.15, 0.2) is 30.3 Å². The van der Waals surface area contributed by atoms with Crippen molar-refractivity contribution in [3.8, 4) is 0 Å². The minimum Gasteiger partial charge on any atom is -0.396 e. The van der Waals surface area contributed by atoms with E-state index in [1.165, 1.54) is 0 Å². The number of carbonyl (C=O) groups excluding carboxylic acids is 1. The molecule has 1 aromatic rings. The standard InChI is InChI=1S/C15H24N2O2/c1-2-6-13(9-10-18)11-16-15(19)17-12-14-7-4-3-5-8-14/h3-5,7-8,13,18H,2,6,9-12H2,1H3,(H2,16,17,19). The molecule has 106 valence electrons. The van der Waals surface area contributed by atoms with E-state index in [1.54, 1.807) is 0 Å². The van der Waals surface area contributed by atoms with E-state index in [9.17, 15) is 4.79 Å². The molecule has 1 aromatic carbocycles. The minimum atomic E-state index is -0.150. The zero-order valence-corrected chi connectivity index (χ0v) is 11.6. The number of hydrogen-bond acceptors (Lipinski definition) is 2. The largest absolute Gasteiger partial charge is 0.396 e. The number of aliphatic hydroxyl groups excluding tert-OH is 1. The van der Waals surface area contributed by atoms with Crippen molar-refractivity contribution in [2.75, 3.05) is 13.2 Å². The van der Waals surface area contributed by atoms with Crippen molar-refractivity contribution < 1.29 is 9.90 Å². The first-order valence-electron chi connectivity index (χ1n) is 6.92. The molecular weight excluding hydrogens is 240 g/mol. The molecule has 0 spiro atoms. The van der Waals surface area contributed by atoms with E-state index >= 15 is 0 Å². The molecule has 3 N–H and O–H groups in total. The molecule has 1 unspecified atom stereocenters. The van der Waals surface area contributed by atoms with Crippen LogP contribution in [0.5, 0.6) is 0 Å². The first kappa shape index (κ1) is 15.5. The molecule has 0 aliphatic rings. The summed E-state index contributed by atoms with van der Waals surface area (Å²) in [5.41, 5.74) is 1.08. The number of nitrogens with one attached hydrogen (secondary N) is 2. The van der Waals surface area contributed by atoms with Gasteiger partial charge in [-0.15, -0.1) is 0 Å². The normalized spacial score (nSPS) is 11.9. The summed E-state index contributed by atoms with van der Waals surface area (Å²) < 4.78 is 0. The molecule has 0 radical (unpaired) electrons. The van der Waals surface area contributed by atoms with Gasteiger partial charge in [0.1, 0.15) is 0 Å². The highest BCUT2D eigenvalue weighted by molar-refractivity contribution is 5.73. The zero-order chi connectivity index (χ0) is 13.9. The number of rotatable bonds is 8. The second-order valence-electron chi connectivity index (χ2n) is 4.72. The Balaban J connectivity index is 2.23. The highest BCUT2D eigenvalue weighted by Crippen LogP contribution is 2.09. The van der Waals surface area contributed by atoms with Gasteiger partial charge in [0.25, 0.3) is 0 Å². The third-order valence-electron chi connectivity index (χ3n) is 3.08. The van der Waals surface area contributed by atoms with Gasteiger partial charge >= 0.3 is 6.03 Å². The minimum absolute atomic E-state index is 0.150. The lowest BCUT2D eigenvalue weighted by Gasteiger charge is -2.16. The molecule has 19 heavy (non-hydrogen) atoms. The van der Waals surface area contributed by atoms with Crippen molar-refractivity contribution in [2.45, 2.75) is 32.7 Å². The Hall–Kier alpha value is -1.55. The predicted octanol–water partition coefficient (Wildman–Crippen LogP) is 2.28. The lowest BCUT2D eigenvalue weighted by Crippen LogP contribution is -2.38. The third-order valence-corrected chi connectivity index (χ3v) is 3.08. The summed E-state index contributed by atoms with van der Waals surface area (Å²) in [5.74, 6) is 0.359. The fourth-order valence-corrected chi connectivity index (χ4v) is 2.02. The molecule has 0 bridgehead atoms. The van der Waals surface area contributed by atoms with Crippen LogP contribution in [0.1, 0.15) is 31.7 Å². The zero-order valence-electron chi connectivity index (χ0n) is 11.6. The predicted molar refractivity (Wildman–Crippen MR) is 76.8 cm³/mol. The van der Waals surface area contributed by atoms with E-state index in [1.807, 2.05) is 30.3 Å². The van der Waals surface area contributed by atoms with Crippen molar-refractivity contribution in [3.63, 3.8) is 0 Å². The molecule has 2 amide bonds. The number of hydrogen-bond donors (Lipinski definition) is 3. The van der Waals surface area contributed by atoms with E-state index < -0.39 is 0 Å². The van der Waals surface area contributed by atoms with Crippen LogP contribution in [0.3, 0.4) is 0 Å². The number of amides is 2. The van der Waals surface area contributed by atoms with Crippen LogP contribution in [0.4, 0.5) is 4.79 Å². The number of urea groups is 1. The molecule has 0 heterocycles. The number of carbonyl (C=O) groups is 1. The van der Waals surface area contributed by atoms with Gasteiger partial charge in [-0.3, -0.25) is 0 Å². The van der Waals surface area contributed by atoms with E-state index in [4.69, 9.17) is 5.11 Å². The van der Waals surface area contributed by atoms with Gasteiger partial charge in [0.05, 0.1) is 0 Å². The molecular formula is C15H24N2O2. The molecule has 1 rings (SSSR count). The van der Waals surface area contributed by atoms with Crippen molar-refractivity contribution in [1.29, 1.82) is 0 Å². The van der Waals surface area contributed by atoms with Gasteiger partial charge in [-0.25, -0.2) is 4.79 Å². The second-order valence-corrected chi connectivity index (χ2v) is 4.72. The Morgan fingerprint density at radius 3 is 2.58 bits per heavy atom. The first-order valence-corrected chi connectivity index (χ1v) is 6.92. The van der Waals surface area contributed by atoms with Gasteiger partial charge in [-0.05, 0) is 24.3 Å². The Kier molecular flexibility index (Phi) is 7.66. The Morgan fingerprint density at radius 2 is 1.95 bits per heavy atom. The Morgan fingerprint density at radius 1 is 1.21 bits per heavy atom. The van der Waals surface area contributed by atoms with E-state index in [-0.39, 0.29) is 12.6 Å². The Labute approximate surface area is 115 Å². The molecule has 0 aliphatic heterocycles. The maximum Gasteiger partial charge on any atom is 0.315 e. The van der Waals surface area contributed by atoms with Crippen LogP contribution in [-0.2, 0) is 6.54 Å². The fourth-order valence-electron chi connectivity index (χ4n) is 2.02. The SMILES string of the molecule is CCCC(CCO)CNC(=O)NCc1ccccc1. The van der Waals surface area contributed by atoms with E-state index in [2.05, 4.69) is 17.6 Å². The average Bonchev–Trinajstić information content (AvgIpc) is 2.44. The van der Waals surface area contributed by atoms with Crippen molar-refractivity contribution >= 4 is 6.03 Å². The van der Waals surface area contributed by atoms with Crippen LogP contribution < -0.4 is 10.6 Å². The summed E-state index contributed by atoms with van der Waals surface area (Å²) in [7, 11) is 0. The molecule has 0 aromatic heterocycles. The first-order chi connectivity index (χ1) is 9.26. The Bertz CT molecular complexity index is 348. The van der Waals surface area contributed by atoms with Gasteiger partial charge in [0, 0.05) is 19.7 Å². The average molecular weight is 264 g/mol. The molecule has 0 saturated heterocycles. The van der Waals surface area contributed by atoms with Crippen LogP contribution in [0.25, 0.3) is 0 Å². The van der Waals surface area contributed by atoms with Gasteiger partial charge in [0.2, 0.25) is 0 Å². The molecule has 4 heteroatoms. The van der Waals surface area contributed by atoms with Crippen LogP contribution in [0.2, 0.25) is 0 Å². The molecule has 1 atom stereocenters. The molecule has 0 fully saturated rings. The van der Waals surface area contributed by atoms with Crippen LogP contribution >= 0.6 is 0 Å². The summed E-state index contributed by atoms with van der Waals surface area (Å²) in [6.07, 6.45) is 2.84. The van der Waals surface area contributed by atoms with Crippen molar-refractivity contribution in [2.24, 2.45) is 5.92 Å². The summed E-state index contributed by atoms with van der Waals surface area (Å²) in [6.45, 7) is 3.44. The van der Waals surface area contributed by atoms with Crippen molar-refractivity contribution in [1.82, 2.24) is 10.6 Å². The number of aliphatic hydroxyl groups is 1. The quantitative estimate of drug-likeness (QED) is 0.674. The monoisotopic (exact) mass is 264 g/mol. The summed E-state index contributed by atoms with van der Waals surface area (Å²) >= 11 is 0. The third kappa shape index (κ3) is 6.82. The van der Waals surface area contributed by atoms with E-state index in [0.29, 0.717) is 19.0 Å². The highest BCUT2D eigenvalue weighted by Gasteiger charge is 2.08. The summed E-state index contributed by atoms with van der Waals surface area (Å²) in [5, 5.41) is 14.6. The summed E-state index contributed by atoms with van der Waals surface area (Å²) in [6, 6.07) is 9.66. The number of benzene rings is 1. The topological polar surface area (TPSA) is 61.4 Å². The van der Waals surface area contributed by atoms with Gasteiger partial charge in [0.15, 0.2) is 0 Å². The van der Waals surface area contributed by atoms with Crippen molar-refractivity contribution in [3.05, 3.63) is 35.9 Å². The second kappa shape index (κ2) is 9.39. The lowest BCUT2D eigenvalue weighted by atomic mass is 10.0. The molecule has 0 aliphatic carbocycles. The van der Waals surface area contributed by atoms with Gasteiger partial charge in [-0.1, -0.05) is 43.7 Å². The molecule has 4 nitrogen and oxygen atoms in total. The van der Waals surface area contributed by atoms with E-state index in [0.717, 1.165) is 24.8 Å². The van der Waals surface area contributed by atoms with Gasteiger partial charge < -0.3 is 15.7 Å².